The van der Waals surface area contributed by atoms with Crippen LogP contribution in [0.25, 0.3) is 0 Å². The van der Waals surface area contributed by atoms with E-state index in [-0.39, 0.29) is 18.1 Å². The molecule has 0 bridgehead atoms. The molecule has 0 fully saturated rings. The molecule has 0 aliphatic rings. The number of aromatic nitrogens is 2. The largest absolute Gasteiger partial charge is 0.396 e. The first-order valence-corrected chi connectivity index (χ1v) is 5.51. The smallest absolute Gasteiger partial charge is 0.329 e. The lowest BCUT2D eigenvalue weighted by molar-refractivity contribution is 0.283. The number of unbranched alkanes of at least 4 members (excludes halogenated alkanes) is 2. The molecule has 7 nitrogen and oxygen atoms in total. The minimum atomic E-state index is -0.529. The van der Waals surface area contributed by atoms with Crippen molar-refractivity contribution in [2.24, 2.45) is 7.05 Å². The van der Waals surface area contributed by atoms with Crippen molar-refractivity contribution in [2.75, 3.05) is 24.2 Å². The Morgan fingerprint density at radius 3 is 2.71 bits per heavy atom. The molecule has 7 heteroatoms. The van der Waals surface area contributed by atoms with Crippen molar-refractivity contribution in [3.63, 3.8) is 0 Å². The number of aromatic amines is 1. The molecule has 1 aromatic rings. The van der Waals surface area contributed by atoms with Crippen LogP contribution in [0.2, 0.25) is 0 Å². The highest BCUT2D eigenvalue weighted by atomic mass is 16.3. The van der Waals surface area contributed by atoms with Gasteiger partial charge in [-0.05, 0) is 19.3 Å². The Bertz CT molecular complexity index is 477. The molecule has 96 valence electrons. The number of nitrogens with zero attached hydrogens (tertiary/aromatic N) is 1. The van der Waals surface area contributed by atoms with Crippen LogP contribution in [0.3, 0.4) is 0 Å². The number of nitrogen functional groups attached to an aromatic ring is 1. The normalized spacial score (nSPS) is 10.5. The van der Waals surface area contributed by atoms with Crippen molar-refractivity contribution >= 4 is 11.5 Å². The summed E-state index contributed by atoms with van der Waals surface area (Å²) in [7, 11) is 1.49. The molecule has 5 N–H and O–H groups in total. The summed E-state index contributed by atoms with van der Waals surface area (Å²) in [5.74, 6) is 0.126. The second-order valence-electron chi connectivity index (χ2n) is 3.79. The van der Waals surface area contributed by atoms with E-state index in [0.717, 1.165) is 19.3 Å². The zero-order valence-corrected chi connectivity index (χ0v) is 9.82. The Morgan fingerprint density at radius 2 is 2.06 bits per heavy atom. The standard InChI is InChI=1S/C10H18N4O3/c1-14-8(11)7(9(16)13-10(14)17)12-5-3-2-4-6-15/h12,15H,2-6,11H2,1H3,(H,13,16,17). The molecule has 0 aliphatic carbocycles. The highest BCUT2D eigenvalue weighted by Crippen LogP contribution is 2.08. The van der Waals surface area contributed by atoms with Crippen LogP contribution in [0, 0.1) is 0 Å². The van der Waals surface area contributed by atoms with Crippen molar-refractivity contribution in [3.05, 3.63) is 20.8 Å². The molecule has 0 radical (unpaired) electrons. The van der Waals surface area contributed by atoms with Crippen molar-refractivity contribution < 1.29 is 5.11 Å². The van der Waals surface area contributed by atoms with Gasteiger partial charge in [0.05, 0.1) is 0 Å². The highest BCUT2D eigenvalue weighted by molar-refractivity contribution is 5.60. The van der Waals surface area contributed by atoms with E-state index in [1.54, 1.807) is 0 Å². The lowest BCUT2D eigenvalue weighted by Gasteiger charge is -2.10. The topological polar surface area (TPSA) is 113 Å². The quantitative estimate of drug-likeness (QED) is 0.489. The molecule has 0 saturated heterocycles. The molecule has 1 heterocycles. The average Bonchev–Trinajstić information content (AvgIpc) is 2.30. The third-order valence-corrected chi connectivity index (χ3v) is 2.51. The molecule has 1 aromatic heterocycles. The van der Waals surface area contributed by atoms with Crippen LogP contribution < -0.4 is 22.3 Å². The van der Waals surface area contributed by atoms with E-state index in [1.165, 1.54) is 11.6 Å². The fourth-order valence-corrected chi connectivity index (χ4v) is 1.43. The summed E-state index contributed by atoms with van der Waals surface area (Å²) in [6, 6.07) is 0. The van der Waals surface area contributed by atoms with Gasteiger partial charge in [0.1, 0.15) is 11.5 Å². The van der Waals surface area contributed by atoms with Crippen LogP contribution in [0.1, 0.15) is 19.3 Å². The van der Waals surface area contributed by atoms with Crippen LogP contribution in [-0.4, -0.2) is 27.8 Å². The summed E-state index contributed by atoms with van der Waals surface area (Å²) >= 11 is 0. The first-order valence-electron chi connectivity index (χ1n) is 5.51. The third-order valence-electron chi connectivity index (χ3n) is 2.51. The van der Waals surface area contributed by atoms with Crippen LogP contribution in [0.15, 0.2) is 9.59 Å². The minimum absolute atomic E-state index is 0.126. The lowest BCUT2D eigenvalue weighted by atomic mass is 10.2. The summed E-state index contributed by atoms with van der Waals surface area (Å²) in [5, 5.41) is 11.5. The van der Waals surface area contributed by atoms with E-state index < -0.39 is 11.2 Å². The summed E-state index contributed by atoms with van der Waals surface area (Å²) in [6.07, 6.45) is 2.43. The number of nitrogens with one attached hydrogen (secondary N) is 2. The van der Waals surface area contributed by atoms with Gasteiger partial charge in [-0.25, -0.2) is 4.79 Å². The predicted octanol–water partition coefficient (Wildman–Crippen LogP) is -0.770. The highest BCUT2D eigenvalue weighted by Gasteiger charge is 2.08. The fraction of sp³-hybridized carbons (Fsp3) is 0.600. The second kappa shape index (κ2) is 6.09. The lowest BCUT2D eigenvalue weighted by Crippen LogP contribution is -2.32. The van der Waals surface area contributed by atoms with Gasteiger partial charge in [-0.3, -0.25) is 14.3 Å². The first-order chi connectivity index (χ1) is 8.07. The van der Waals surface area contributed by atoms with Gasteiger partial charge in [-0.2, -0.15) is 0 Å². The Morgan fingerprint density at radius 1 is 1.35 bits per heavy atom. The molecule has 0 amide bonds. The number of aliphatic hydroxyl groups is 1. The van der Waals surface area contributed by atoms with Crippen molar-refractivity contribution in [1.82, 2.24) is 9.55 Å². The van der Waals surface area contributed by atoms with Gasteiger partial charge in [0.25, 0.3) is 5.56 Å². The number of hydrogen-bond acceptors (Lipinski definition) is 5. The van der Waals surface area contributed by atoms with Crippen molar-refractivity contribution in [2.45, 2.75) is 19.3 Å². The molecule has 0 atom stereocenters. The van der Waals surface area contributed by atoms with Crippen molar-refractivity contribution in [1.29, 1.82) is 0 Å². The Hall–Kier alpha value is -1.76. The number of aliphatic hydroxyl groups excluding tert-OH is 1. The van der Waals surface area contributed by atoms with Gasteiger partial charge in [-0.1, -0.05) is 0 Å². The maximum Gasteiger partial charge on any atom is 0.329 e. The monoisotopic (exact) mass is 242 g/mol. The summed E-state index contributed by atoms with van der Waals surface area (Å²) in [4.78, 5) is 24.9. The Kier molecular flexibility index (Phi) is 4.77. The number of H-pyrrole nitrogens is 1. The molecular formula is C10H18N4O3. The molecule has 0 aromatic carbocycles. The third kappa shape index (κ3) is 3.35. The number of hydrogen-bond donors (Lipinski definition) is 4. The van der Waals surface area contributed by atoms with E-state index >= 15 is 0 Å². The van der Waals surface area contributed by atoms with Gasteiger partial charge in [0, 0.05) is 20.2 Å². The SMILES string of the molecule is Cn1c(N)c(NCCCCCO)c(=O)[nH]c1=O. The predicted molar refractivity (Wildman–Crippen MR) is 66.1 cm³/mol. The fourth-order valence-electron chi connectivity index (χ4n) is 1.43. The second-order valence-corrected chi connectivity index (χ2v) is 3.79. The molecule has 1 rings (SSSR count). The Balaban J connectivity index is 2.69. The number of rotatable bonds is 6. The van der Waals surface area contributed by atoms with E-state index in [0.29, 0.717) is 6.54 Å². The average molecular weight is 242 g/mol. The molecule has 0 unspecified atom stereocenters. The van der Waals surface area contributed by atoms with Gasteiger partial charge < -0.3 is 16.2 Å². The molecule has 0 spiro atoms. The molecule has 17 heavy (non-hydrogen) atoms. The van der Waals surface area contributed by atoms with Gasteiger partial charge in [-0.15, -0.1) is 0 Å². The summed E-state index contributed by atoms with van der Waals surface area (Å²) in [5.41, 5.74) is 4.85. The zero-order chi connectivity index (χ0) is 12.8. The number of anilines is 2. The molecular weight excluding hydrogens is 224 g/mol. The summed E-state index contributed by atoms with van der Waals surface area (Å²) < 4.78 is 1.18. The van der Waals surface area contributed by atoms with E-state index in [1.807, 2.05) is 0 Å². The van der Waals surface area contributed by atoms with Crippen molar-refractivity contribution in [3.8, 4) is 0 Å². The van der Waals surface area contributed by atoms with E-state index in [2.05, 4.69) is 10.3 Å². The molecule has 0 aliphatic heterocycles. The maximum atomic E-state index is 11.5. The van der Waals surface area contributed by atoms with Crippen LogP contribution in [0.5, 0.6) is 0 Å². The first kappa shape index (κ1) is 13.3. The van der Waals surface area contributed by atoms with Gasteiger partial charge >= 0.3 is 5.69 Å². The van der Waals surface area contributed by atoms with E-state index in [4.69, 9.17) is 10.8 Å². The van der Waals surface area contributed by atoms with Gasteiger partial charge in [0.15, 0.2) is 0 Å². The van der Waals surface area contributed by atoms with Crippen LogP contribution >= 0.6 is 0 Å². The molecule has 0 saturated carbocycles. The van der Waals surface area contributed by atoms with Crippen LogP contribution in [0.4, 0.5) is 11.5 Å². The van der Waals surface area contributed by atoms with Crippen LogP contribution in [-0.2, 0) is 7.05 Å². The summed E-state index contributed by atoms with van der Waals surface area (Å²) in [6.45, 7) is 0.744. The van der Waals surface area contributed by atoms with E-state index in [9.17, 15) is 9.59 Å². The zero-order valence-electron chi connectivity index (χ0n) is 9.82. The van der Waals surface area contributed by atoms with Gasteiger partial charge in [0.2, 0.25) is 0 Å². The number of nitrogens with two attached hydrogens (primary N) is 1. The minimum Gasteiger partial charge on any atom is -0.396 e. The Labute approximate surface area is 98.3 Å². The maximum absolute atomic E-state index is 11.5.